The maximum atomic E-state index is 12.9. The number of hydrogen-bond donors (Lipinski definition) is 1. The summed E-state index contributed by atoms with van der Waals surface area (Å²) in [4.78, 5) is 17.4. The summed E-state index contributed by atoms with van der Waals surface area (Å²) in [5.41, 5.74) is 0.0264. The van der Waals surface area contributed by atoms with Crippen LogP contribution >= 0.6 is 0 Å². The van der Waals surface area contributed by atoms with Crippen LogP contribution in [0.25, 0.3) is 0 Å². The Morgan fingerprint density at radius 1 is 1.24 bits per heavy atom. The molecule has 0 radical (unpaired) electrons. The first-order valence-corrected chi connectivity index (χ1v) is 8.65. The zero-order valence-corrected chi connectivity index (χ0v) is 14.1. The lowest BCUT2D eigenvalue weighted by Crippen LogP contribution is -2.54. The van der Waals surface area contributed by atoms with E-state index in [0.29, 0.717) is 11.8 Å². The largest absolute Gasteiger partial charge is 0.324 e. The number of hydrogen-bond acceptors (Lipinski definition) is 3. The summed E-state index contributed by atoms with van der Waals surface area (Å²) in [6.07, 6.45) is 8.43. The molecule has 4 nitrogen and oxygen atoms in total. The van der Waals surface area contributed by atoms with Crippen LogP contribution in [0.15, 0.2) is 0 Å². The van der Waals surface area contributed by atoms with E-state index in [1.54, 1.807) is 0 Å². The highest BCUT2D eigenvalue weighted by molar-refractivity contribution is 5.91. The van der Waals surface area contributed by atoms with E-state index < -0.39 is 0 Å². The van der Waals surface area contributed by atoms with Crippen LogP contribution in [-0.2, 0) is 4.79 Å². The molecule has 1 aliphatic heterocycles. The Balaban J connectivity index is 1.79. The second kappa shape index (κ2) is 5.24. The van der Waals surface area contributed by atoms with Gasteiger partial charge in [-0.25, -0.2) is 0 Å². The molecule has 1 spiro atoms. The fraction of sp³-hybridized carbons (Fsp3) is 0.941. The van der Waals surface area contributed by atoms with Crippen molar-refractivity contribution in [2.45, 2.75) is 76.0 Å². The molecule has 21 heavy (non-hydrogen) atoms. The normalized spacial score (nSPS) is 30.1. The molecule has 2 aliphatic carbocycles. The maximum Gasteiger partial charge on any atom is 0.244 e. The van der Waals surface area contributed by atoms with Crippen LogP contribution in [0.1, 0.15) is 58.8 Å². The predicted octanol–water partition coefficient (Wildman–Crippen LogP) is 2.20. The number of rotatable bonds is 5. The highest BCUT2D eigenvalue weighted by atomic mass is 16.2. The second-order valence-electron chi connectivity index (χ2n) is 8.13. The minimum atomic E-state index is -0.175. The topological polar surface area (TPSA) is 35.6 Å². The summed E-state index contributed by atoms with van der Waals surface area (Å²) in [7, 11) is 4.37. The summed E-state index contributed by atoms with van der Waals surface area (Å²) in [5.74, 6) is 0.992. The number of nitrogens with one attached hydrogen (secondary N) is 1. The highest BCUT2D eigenvalue weighted by Crippen LogP contribution is 2.45. The number of nitrogens with zero attached hydrogens (tertiary/aromatic N) is 2. The number of carbonyl (C=O) groups excluding carboxylic acids is 1. The van der Waals surface area contributed by atoms with Gasteiger partial charge >= 0.3 is 0 Å². The molecule has 1 N–H and O–H groups in total. The fourth-order valence-electron chi connectivity index (χ4n) is 4.27. The van der Waals surface area contributed by atoms with E-state index in [4.69, 9.17) is 0 Å². The minimum Gasteiger partial charge on any atom is -0.324 e. The molecule has 0 aromatic carbocycles. The van der Waals surface area contributed by atoms with Gasteiger partial charge in [-0.05, 0) is 52.1 Å². The maximum absolute atomic E-state index is 12.9. The Kier molecular flexibility index (Phi) is 3.81. The number of likely N-dealkylation sites (N-methyl/N-ethyl adjacent to an activating group) is 1. The summed E-state index contributed by atoms with van der Waals surface area (Å²) in [6.45, 7) is 5.41. The Morgan fingerprint density at radius 2 is 1.86 bits per heavy atom. The quantitative estimate of drug-likeness (QED) is 0.844. The van der Waals surface area contributed by atoms with E-state index in [1.807, 2.05) is 0 Å². The van der Waals surface area contributed by atoms with Gasteiger partial charge in [0.1, 0.15) is 0 Å². The first-order valence-electron chi connectivity index (χ1n) is 8.65. The zero-order valence-electron chi connectivity index (χ0n) is 14.1. The lowest BCUT2D eigenvalue weighted by Gasteiger charge is -2.41. The molecule has 2 saturated carbocycles. The molecule has 3 fully saturated rings. The number of amides is 1. The van der Waals surface area contributed by atoms with E-state index >= 15 is 0 Å². The first-order chi connectivity index (χ1) is 9.89. The average molecular weight is 293 g/mol. The molecule has 3 rings (SSSR count). The van der Waals surface area contributed by atoms with Crippen molar-refractivity contribution in [1.82, 2.24) is 15.1 Å². The van der Waals surface area contributed by atoms with Crippen molar-refractivity contribution in [3.8, 4) is 0 Å². The zero-order chi connectivity index (χ0) is 15.3. The summed E-state index contributed by atoms with van der Waals surface area (Å²) >= 11 is 0. The van der Waals surface area contributed by atoms with Gasteiger partial charge in [-0.3, -0.25) is 10.1 Å². The highest BCUT2D eigenvalue weighted by Gasteiger charge is 2.60. The molecular formula is C17H31N3O. The second-order valence-corrected chi connectivity index (χ2v) is 8.13. The molecule has 0 bridgehead atoms. The summed E-state index contributed by atoms with van der Waals surface area (Å²) in [6, 6.07) is 0. The molecule has 1 heterocycles. The van der Waals surface area contributed by atoms with E-state index in [9.17, 15) is 4.79 Å². The van der Waals surface area contributed by atoms with Crippen molar-refractivity contribution in [2.75, 3.05) is 20.6 Å². The molecule has 1 unspecified atom stereocenters. The van der Waals surface area contributed by atoms with E-state index in [1.165, 1.54) is 25.7 Å². The average Bonchev–Trinajstić information content (AvgIpc) is 2.94. The third-order valence-electron chi connectivity index (χ3n) is 5.88. The van der Waals surface area contributed by atoms with Gasteiger partial charge in [0.25, 0.3) is 0 Å². The van der Waals surface area contributed by atoms with Crippen molar-refractivity contribution in [3.63, 3.8) is 0 Å². The SMILES string of the molecule is CC(C)CC1NC2(CC2)C(=O)N1CC1(N(C)C)CCCC1. The van der Waals surface area contributed by atoms with Crippen LogP contribution in [0.3, 0.4) is 0 Å². The summed E-state index contributed by atoms with van der Waals surface area (Å²) in [5, 5.41) is 3.66. The van der Waals surface area contributed by atoms with Gasteiger partial charge in [-0.1, -0.05) is 26.7 Å². The van der Waals surface area contributed by atoms with Gasteiger partial charge in [0.2, 0.25) is 5.91 Å². The fourth-order valence-corrected chi connectivity index (χ4v) is 4.27. The Hall–Kier alpha value is -0.610. The summed E-state index contributed by atoms with van der Waals surface area (Å²) < 4.78 is 0. The third kappa shape index (κ3) is 2.61. The van der Waals surface area contributed by atoms with Crippen molar-refractivity contribution in [2.24, 2.45) is 5.92 Å². The van der Waals surface area contributed by atoms with Crippen molar-refractivity contribution in [3.05, 3.63) is 0 Å². The van der Waals surface area contributed by atoms with E-state index in [2.05, 4.69) is 43.1 Å². The number of carbonyl (C=O) groups is 1. The molecule has 0 aromatic rings. The van der Waals surface area contributed by atoms with Crippen LogP contribution in [-0.4, -0.2) is 53.6 Å². The van der Waals surface area contributed by atoms with Gasteiger partial charge in [0, 0.05) is 12.1 Å². The monoisotopic (exact) mass is 293 g/mol. The minimum absolute atomic E-state index is 0.175. The van der Waals surface area contributed by atoms with Crippen LogP contribution in [0.4, 0.5) is 0 Å². The van der Waals surface area contributed by atoms with Crippen molar-refractivity contribution < 1.29 is 4.79 Å². The molecule has 1 atom stereocenters. The van der Waals surface area contributed by atoms with Gasteiger partial charge in [-0.15, -0.1) is 0 Å². The van der Waals surface area contributed by atoms with Gasteiger partial charge in [0.05, 0.1) is 11.7 Å². The van der Waals surface area contributed by atoms with Crippen molar-refractivity contribution in [1.29, 1.82) is 0 Å². The van der Waals surface area contributed by atoms with E-state index in [-0.39, 0.29) is 17.2 Å². The molecule has 1 saturated heterocycles. The van der Waals surface area contributed by atoms with Crippen LogP contribution < -0.4 is 5.32 Å². The Bertz CT molecular complexity index is 408. The lowest BCUT2D eigenvalue weighted by atomic mass is 9.94. The molecule has 4 heteroatoms. The van der Waals surface area contributed by atoms with Crippen LogP contribution in [0.2, 0.25) is 0 Å². The predicted molar refractivity (Wildman–Crippen MR) is 84.9 cm³/mol. The molecule has 0 aromatic heterocycles. The van der Waals surface area contributed by atoms with Crippen molar-refractivity contribution >= 4 is 5.91 Å². The molecule has 3 aliphatic rings. The van der Waals surface area contributed by atoms with Gasteiger partial charge in [0.15, 0.2) is 0 Å². The third-order valence-corrected chi connectivity index (χ3v) is 5.88. The Morgan fingerprint density at radius 3 is 2.33 bits per heavy atom. The van der Waals surface area contributed by atoms with Gasteiger partial charge in [-0.2, -0.15) is 0 Å². The van der Waals surface area contributed by atoms with E-state index in [0.717, 1.165) is 25.8 Å². The Labute approximate surface area is 129 Å². The first kappa shape index (κ1) is 15.3. The molecule has 1 amide bonds. The van der Waals surface area contributed by atoms with Crippen LogP contribution in [0, 0.1) is 5.92 Å². The molecular weight excluding hydrogens is 262 g/mol. The van der Waals surface area contributed by atoms with Gasteiger partial charge < -0.3 is 9.80 Å². The lowest BCUT2D eigenvalue weighted by molar-refractivity contribution is -0.132. The molecule has 120 valence electrons. The van der Waals surface area contributed by atoms with Crippen LogP contribution in [0.5, 0.6) is 0 Å². The smallest absolute Gasteiger partial charge is 0.244 e. The standard InChI is InChI=1S/C17H31N3O/c1-13(2)11-14-18-17(9-10-17)15(21)20(14)12-16(19(3)4)7-5-6-8-16/h13-14,18H,5-12H2,1-4H3.